The van der Waals surface area contributed by atoms with Crippen LogP contribution in [0.4, 0.5) is 0 Å². The van der Waals surface area contributed by atoms with Gasteiger partial charge in [0.2, 0.25) is 5.91 Å². The van der Waals surface area contributed by atoms with Crippen LogP contribution < -0.4 is 5.32 Å². The van der Waals surface area contributed by atoms with Crippen LogP contribution in [0.15, 0.2) is 27.3 Å². The van der Waals surface area contributed by atoms with Gasteiger partial charge in [-0.15, -0.1) is 0 Å². The zero-order chi connectivity index (χ0) is 19.0. The number of hydrogen-bond donors (Lipinski definition) is 1. The van der Waals surface area contributed by atoms with Crippen LogP contribution in [0.1, 0.15) is 22.8 Å². The maximum Gasteiger partial charge on any atom is 0.240 e. The highest BCUT2D eigenvalue weighted by Gasteiger charge is 2.49. The van der Waals surface area contributed by atoms with Crippen LogP contribution in [0.3, 0.4) is 0 Å². The number of rotatable bonds is 5. The summed E-state index contributed by atoms with van der Waals surface area (Å²) in [4.78, 5) is 16.9. The number of carbonyl (C=O) groups is 1. The fourth-order valence-electron chi connectivity index (χ4n) is 4.00. The predicted octanol–water partition coefficient (Wildman–Crippen LogP) is 1.09. The first kappa shape index (κ1) is 18.2. The van der Waals surface area contributed by atoms with Gasteiger partial charge in [-0.3, -0.25) is 14.6 Å². The fourth-order valence-corrected chi connectivity index (χ4v) is 4.00. The number of hydrogen-bond acceptors (Lipinski definition) is 7. The van der Waals surface area contributed by atoms with Crippen LogP contribution in [0.25, 0.3) is 0 Å². The van der Waals surface area contributed by atoms with Crippen LogP contribution in [-0.2, 0) is 22.6 Å². The summed E-state index contributed by atoms with van der Waals surface area (Å²) in [5, 5.41) is 6.93. The van der Waals surface area contributed by atoms with Crippen LogP contribution in [0.2, 0.25) is 0 Å². The Labute approximate surface area is 158 Å². The number of aryl methyl sites for hydroxylation is 2. The standard InChI is InChI=1S/C19H26N4O4/c1-13-16(14(2)27-21-13)8-23-11-19(12-23)10-22(3)17(9-26-19)18(24)20-7-15-5-4-6-25-15/h4-6,17H,7-12H2,1-3H3,(H,20,24)/t17-/m1/s1. The van der Waals surface area contributed by atoms with Gasteiger partial charge in [0.15, 0.2) is 0 Å². The van der Waals surface area contributed by atoms with Crippen molar-refractivity contribution >= 4 is 5.91 Å². The van der Waals surface area contributed by atoms with Crippen molar-refractivity contribution in [1.82, 2.24) is 20.3 Å². The molecule has 1 spiro atoms. The minimum atomic E-state index is -0.276. The molecule has 2 saturated heterocycles. The monoisotopic (exact) mass is 374 g/mol. The molecule has 2 aliphatic heterocycles. The number of aromatic nitrogens is 1. The van der Waals surface area contributed by atoms with Gasteiger partial charge < -0.3 is 19.0 Å². The Morgan fingerprint density at radius 1 is 1.37 bits per heavy atom. The molecule has 1 amide bonds. The second kappa shape index (κ2) is 7.10. The van der Waals surface area contributed by atoms with Gasteiger partial charge in [0.1, 0.15) is 23.2 Å². The summed E-state index contributed by atoms with van der Waals surface area (Å²) >= 11 is 0. The Morgan fingerprint density at radius 3 is 2.81 bits per heavy atom. The van der Waals surface area contributed by atoms with Gasteiger partial charge in [-0.1, -0.05) is 5.16 Å². The lowest BCUT2D eigenvalue weighted by molar-refractivity contribution is -0.198. The summed E-state index contributed by atoms with van der Waals surface area (Å²) in [6, 6.07) is 3.38. The topological polar surface area (TPSA) is 84.0 Å². The van der Waals surface area contributed by atoms with Gasteiger partial charge in [0.25, 0.3) is 0 Å². The van der Waals surface area contributed by atoms with E-state index in [0.29, 0.717) is 13.2 Å². The average Bonchev–Trinajstić information content (AvgIpc) is 3.23. The zero-order valence-electron chi connectivity index (χ0n) is 16.0. The first-order chi connectivity index (χ1) is 13.0. The number of morpholine rings is 1. The molecule has 0 radical (unpaired) electrons. The van der Waals surface area contributed by atoms with E-state index in [2.05, 4.69) is 20.3 Å². The fraction of sp³-hybridized carbons (Fsp3) is 0.579. The molecule has 146 valence electrons. The molecule has 27 heavy (non-hydrogen) atoms. The highest BCUT2D eigenvalue weighted by atomic mass is 16.5. The van der Waals surface area contributed by atoms with Gasteiger partial charge in [-0.2, -0.15) is 0 Å². The molecule has 2 aromatic heterocycles. The SMILES string of the molecule is Cc1noc(C)c1CN1CC2(C1)CN(C)[C@@H](C(=O)NCc1ccco1)CO2. The smallest absolute Gasteiger partial charge is 0.240 e. The number of nitrogens with zero attached hydrogens (tertiary/aromatic N) is 3. The predicted molar refractivity (Wildman–Crippen MR) is 96.9 cm³/mol. The first-order valence-electron chi connectivity index (χ1n) is 9.24. The summed E-state index contributed by atoms with van der Waals surface area (Å²) in [7, 11) is 1.98. The highest BCUT2D eigenvalue weighted by Crippen LogP contribution is 2.32. The molecule has 0 bridgehead atoms. The Kier molecular flexibility index (Phi) is 4.79. The van der Waals surface area contributed by atoms with E-state index < -0.39 is 0 Å². The minimum absolute atomic E-state index is 0.0318. The van der Waals surface area contributed by atoms with Crippen LogP contribution in [-0.4, -0.2) is 65.8 Å². The van der Waals surface area contributed by atoms with Gasteiger partial charge in [-0.05, 0) is 33.0 Å². The van der Waals surface area contributed by atoms with Crippen molar-refractivity contribution in [2.24, 2.45) is 0 Å². The van der Waals surface area contributed by atoms with Crippen molar-refractivity contribution in [1.29, 1.82) is 0 Å². The number of likely N-dealkylation sites (tertiary alicyclic amines) is 1. The molecule has 8 heteroatoms. The molecule has 1 N–H and O–H groups in total. The van der Waals surface area contributed by atoms with Crippen molar-refractivity contribution in [3.63, 3.8) is 0 Å². The third-order valence-corrected chi connectivity index (χ3v) is 5.52. The van der Waals surface area contributed by atoms with Crippen molar-refractivity contribution in [3.05, 3.63) is 41.2 Å². The van der Waals surface area contributed by atoms with E-state index in [-0.39, 0.29) is 17.6 Å². The molecule has 0 unspecified atom stereocenters. The lowest BCUT2D eigenvalue weighted by Gasteiger charge is -2.55. The average molecular weight is 374 g/mol. The number of carbonyl (C=O) groups excluding carboxylic acids is 1. The highest BCUT2D eigenvalue weighted by molar-refractivity contribution is 5.82. The number of nitrogens with one attached hydrogen (secondary N) is 1. The minimum Gasteiger partial charge on any atom is -0.467 e. The van der Waals surface area contributed by atoms with Crippen LogP contribution in [0.5, 0.6) is 0 Å². The van der Waals surface area contributed by atoms with E-state index in [1.54, 1.807) is 6.26 Å². The largest absolute Gasteiger partial charge is 0.467 e. The van der Waals surface area contributed by atoms with E-state index >= 15 is 0 Å². The van der Waals surface area contributed by atoms with Crippen LogP contribution in [0, 0.1) is 13.8 Å². The number of ether oxygens (including phenoxy) is 1. The molecule has 1 atom stereocenters. The molecule has 8 nitrogen and oxygen atoms in total. The molecule has 0 aliphatic carbocycles. The van der Waals surface area contributed by atoms with E-state index in [4.69, 9.17) is 13.7 Å². The van der Waals surface area contributed by atoms with Crippen molar-refractivity contribution in [3.8, 4) is 0 Å². The summed E-state index contributed by atoms with van der Waals surface area (Å²) in [5.41, 5.74) is 1.92. The number of amides is 1. The van der Waals surface area contributed by atoms with Gasteiger partial charge in [-0.25, -0.2) is 0 Å². The van der Waals surface area contributed by atoms with Crippen molar-refractivity contribution < 1.29 is 18.5 Å². The Morgan fingerprint density at radius 2 is 2.19 bits per heavy atom. The molecule has 2 aromatic rings. The number of furan rings is 1. The van der Waals surface area contributed by atoms with Crippen molar-refractivity contribution in [2.75, 3.05) is 33.3 Å². The second-order valence-electron chi connectivity index (χ2n) is 7.67. The maximum atomic E-state index is 12.5. The maximum absolute atomic E-state index is 12.5. The molecule has 0 aromatic carbocycles. The summed E-state index contributed by atoms with van der Waals surface area (Å²) in [5.74, 6) is 1.59. The molecular formula is C19H26N4O4. The molecule has 0 saturated carbocycles. The molecule has 2 aliphatic rings. The molecule has 4 heterocycles. The van der Waals surface area contributed by atoms with Crippen LogP contribution >= 0.6 is 0 Å². The van der Waals surface area contributed by atoms with Crippen molar-refractivity contribution in [2.45, 2.75) is 38.6 Å². The van der Waals surface area contributed by atoms with Gasteiger partial charge in [0, 0.05) is 31.7 Å². The van der Waals surface area contributed by atoms with E-state index in [9.17, 15) is 4.79 Å². The lowest BCUT2D eigenvalue weighted by Crippen LogP contribution is -2.72. The quantitative estimate of drug-likeness (QED) is 0.838. The summed E-state index contributed by atoms with van der Waals surface area (Å²) in [6.45, 7) is 7.98. The van der Waals surface area contributed by atoms with E-state index in [0.717, 1.165) is 49.0 Å². The van der Waals surface area contributed by atoms with Gasteiger partial charge in [0.05, 0.1) is 25.1 Å². The Bertz CT molecular complexity index is 775. The Balaban J connectivity index is 1.27. The van der Waals surface area contributed by atoms with E-state index in [1.165, 1.54) is 0 Å². The zero-order valence-corrected chi connectivity index (χ0v) is 16.0. The normalized spacial score (nSPS) is 22.7. The van der Waals surface area contributed by atoms with E-state index in [1.807, 2.05) is 33.0 Å². The second-order valence-corrected chi connectivity index (χ2v) is 7.67. The van der Waals surface area contributed by atoms with Gasteiger partial charge >= 0.3 is 0 Å². The Hall–Kier alpha value is -2.16. The molecule has 4 rings (SSSR count). The first-order valence-corrected chi connectivity index (χ1v) is 9.24. The number of likely N-dealkylation sites (N-methyl/N-ethyl adjacent to an activating group) is 1. The molecule has 2 fully saturated rings. The summed E-state index contributed by atoms with van der Waals surface area (Å²) in [6.07, 6.45) is 1.60. The lowest BCUT2D eigenvalue weighted by atomic mass is 9.90. The summed E-state index contributed by atoms with van der Waals surface area (Å²) < 4.78 is 16.6. The molecular weight excluding hydrogens is 348 g/mol. The third-order valence-electron chi connectivity index (χ3n) is 5.52. The third kappa shape index (κ3) is 3.65.